The van der Waals surface area contributed by atoms with Crippen molar-refractivity contribution in [2.24, 2.45) is 0 Å². The average molecular weight is 267 g/mol. The lowest BCUT2D eigenvalue weighted by Gasteiger charge is -2.20. The van der Waals surface area contributed by atoms with Crippen molar-refractivity contribution < 1.29 is 27.8 Å². The van der Waals surface area contributed by atoms with Crippen molar-refractivity contribution in [2.75, 3.05) is 6.54 Å². The zero-order valence-electron chi connectivity index (χ0n) is 9.50. The fraction of sp³-hybridized carbons (Fsp3) is 0.455. The highest BCUT2D eigenvalue weighted by Crippen LogP contribution is 2.29. The maximum atomic E-state index is 12.7. The van der Waals surface area contributed by atoms with E-state index in [1.807, 2.05) is 0 Å². The summed E-state index contributed by atoms with van der Waals surface area (Å²) < 4.78 is 49.2. The van der Waals surface area contributed by atoms with Crippen molar-refractivity contribution in [2.45, 2.75) is 25.3 Å². The minimum absolute atomic E-state index is 0.153. The molecule has 18 heavy (non-hydrogen) atoms. The van der Waals surface area contributed by atoms with Gasteiger partial charge in [-0.15, -0.1) is 0 Å². The number of benzene rings is 1. The second-order valence-corrected chi connectivity index (χ2v) is 3.91. The number of nitrogens with one attached hydrogen (secondary N) is 1. The highest BCUT2D eigenvalue weighted by Gasteiger charge is 2.40. The Bertz CT molecular complexity index is 412. The zero-order chi connectivity index (χ0) is 13.9. The van der Waals surface area contributed by atoms with Crippen molar-refractivity contribution in [3.05, 3.63) is 23.8 Å². The molecule has 0 spiro atoms. The Labute approximate surface area is 101 Å². The van der Waals surface area contributed by atoms with Gasteiger partial charge in [0, 0.05) is 11.6 Å². The highest BCUT2D eigenvalue weighted by molar-refractivity contribution is 5.40. The number of phenols is 2. The molecule has 0 amide bonds. The van der Waals surface area contributed by atoms with Crippen LogP contribution in [-0.4, -0.2) is 29.1 Å². The van der Waals surface area contributed by atoms with E-state index < -0.39 is 24.9 Å². The zero-order valence-corrected chi connectivity index (χ0v) is 9.50. The van der Waals surface area contributed by atoms with Crippen molar-refractivity contribution in [3.63, 3.8) is 0 Å². The number of phenolic OH excluding ortho intramolecular Hbond substituents is 2. The molecule has 1 aromatic rings. The molecule has 0 saturated carbocycles. The summed E-state index contributed by atoms with van der Waals surface area (Å²) in [5.74, 6) is -4.51. The van der Waals surface area contributed by atoms with Gasteiger partial charge in [0.25, 0.3) is 0 Å². The van der Waals surface area contributed by atoms with Gasteiger partial charge in [0.2, 0.25) is 0 Å². The normalized spacial score (nSPS) is 13.9. The molecule has 0 radical (unpaired) electrons. The first-order valence-electron chi connectivity index (χ1n) is 5.15. The Morgan fingerprint density at radius 1 is 1.28 bits per heavy atom. The molecule has 0 fully saturated rings. The van der Waals surface area contributed by atoms with Gasteiger partial charge in [0.15, 0.2) is 0 Å². The van der Waals surface area contributed by atoms with Crippen molar-refractivity contribution in [1.29, 1.82) is 0 Å². The molecule has 0 bridgehead atoms. The Hall–Kier alpha value is -1.50. The number of aromatic hydroxyl groups is 2. The van der Waals surface area contributed by atoms with Gasteiger partial charge >= 0.3 is 12.3 Å². The Morgan fingerprint density at radius 3 is 2.44 bits per heavy atom. The maximum absolute atomic E-state index is 12.7. The molecule has 1 unspecified atom stereocenters. The third kappa shape index (κ3) is 3.49. The van der Waals surface area contributed by atoms with Crippen LogP contribution in [0.2, 0.25) is 0 Å². The third-order valence-corrected chi connectivity index (χ3v) is 2.44. The molecule has 0 aromatic heterocycles. The van der Waals surface area contributed by atoms with Crippen molar-refractivity contribution in [3.8, 4) is 11.5 Å². The molecule has 0 aliphatic rings. The van der Waals surface area contributed by atoms with Crippen molar-refractivity contribution in [1.82, 2.24) is 5.32 Å². The predicted octanol–water partition coefficient (Wildman–Crippen LogP) is 2.65. The molecule has 0 aliphatic carbocycles. The van der Waals surface area contributed by atoms with E-state index in [2.05, 4.69) is 5.32 Å². The molecular formula is C11H13F4NO2. The fourth-order valence-electron chi connectivity index (χ4n) is 1.37. The monoisotopic (exact) mass is 267 g/mol. The first-order valence-corrected chi connectivity index (χ1v) is 5.15. The summed E-state index contributed by atoms with van der Waals surface area (Å²) in [6.45, 7) is 0.191. The van der Waals surface area contributed by atoms with Crippen LogP contribution >= 0.6 is 0 Å². The van der Waals surface area contributed by atoms with Crippen LogP contribution < -0.4 is 5.32 Å². The smallest absolute Gasteiger partial charge is 0.319 e. The standard InChI is InChI=1S/C11H13F4NO2/c1-6(16-5-11(14,15)10(12)13)8-4-7(17)2-3-9(8)18/h2-4,6,10,16-18H,5H2,1H3. The summed E-state index contributed by atoms with van der Waals surface area (Å²) in [6, 6.07) is 2.78. The first kappa shape index (κ1) is 14.6. The van der Waals surface area contributed by atoms with Crippen LogP contribution in [0.25, 0.3) is 0 Å². The van der Waals surface area contributed by atoms with Gasteiger partial charge in [-0.25, -0.2) is 8.78 Å². The Kier molecular flexibility index (Phi) is 4.39. The maximum Gasteiger partial charge on any atom is 0.319 e. The molecule has 7 heteroatoms. The van der Waals surface area contributed by atoms with Gasteiger partial charge in [0.1, 0.15) is 11.5 Å². The number of hydrogen-bond donors (Lipinski definition) is 3. The minimum atomic E-state index is -4.14. The van der Waals surface area contributed by atoms with E-state index in [0.717, 1.165) is 0 Å². The summed E-state index contributed by atoms with van der Waals surface area (Å²) in [4.78, 5) is 0. The van der Waals surface area contributed by atoms with Crippen LogP contribution in [0.3, 0.4) is 0 Å². The third-order valence-electron chi connectivity index (χ3n) is 2.44. The Morgan fingerprint density at radius 2 is 1.89 bits per heavy atom. The molecular weight excluding hydrogens is 254 g/mol. The second-order valence-electron chi connectivity index (χ2n) is 3.91. The fourth-order valence-corrected chi connectivity index (χ4v) is 1.37. The predicted molar refractivity (Wildman–Crippen MR) is 57.1 cm³/mol. The Balaban J connectivity index is 2.71. The lowest BCUT2D eigenvalue weighted by molar-refractivity contribution is -0.126. The average Bonchev–Trinajstić information content (AvgIpc) is 2.29. The largest absolute Gasteiger partial charge is 0.508 e. The summed E-state index contributed by atoms with van der Waals surface area (Å²) >= 11 is 0. The van der Waals surface area contributed by atoms with E-state index in [1.165, 1.54) is 25.1 Å². The van der Waals surface area contributed by atoms with Crippen LogP contribution in [-0.2, 0) is 0 Å². The number of hydrogen-bond acceptors (Lipinski definition) is 3. The lowest BCUT2D eigenvalue weighted by Crippen LogP contribution is -2.39. The van der Waals surface area contributed by atoms with Gasteiger partial charge < -0.3 is 15.5 Å². The minimum Gasteiger partial charge on any atom is -0.508 e. The van der Waals surface area contributed by atoms with Crippen molar-refractivity contribution >= 4 is 0 Å². The molecule has 0 heterocycles. The number of rotatable bonds is 5. The van der Waals surface area contributed by atoms with Crippen LogP contribution in [0.5, 0.6) is 11.5 Å². The number of halogens is 4. The summed E-state index contributed by atoms with van der Waals surface area (Å²) in [6.07, 6.45) is -3.75. The van der Waals surface area contributed by atoms with Gasteiger partial charge in [-0.3, -0.25) is 0 Å². The van der Waals surface area contributed by atoms with Crippen LogP contribution in [0.1, 0.15) is 18.5 Å². The summed E-state index contributed by atoms with van der Waals surface area (Å²) in [5.41, 5.74) is 0.153. The molecule has 3 nitrogen and oxygen atoms in total. The summed E-state index contributed by atoms with van der Waals surface area (Å²) in [5, 5.41) is 20.8. The highest BCUT2D eigenvalue weighted by atomic mass is 19.3. The molecule has 102 valence electrons. The van der Waals surface area contributed by atoms with E-state index in [0.29, 0.717) is 0 Å². The molecule has 1 atom stereocenters. The molecule has 0 saturated heterocycles. The molecule has 0 aliphatic heterocycles. The van der Waals surface area contributed by atoms with Gasteiger partial charge in [-0.2, -0.15) is 8.78 Å². The van der Waals surface area contributed by atoms with E-state index >= 15 is 0 Å². The van der Waals surface area contributed by atoms with E-state index in [1.54, 1.807) is 0 Å². The quantitative estimate of drug-likeness (QED) is 0.568. The van der Waals surface area contributed by atoms with Gasteiger partial charge in [-0.1, -0.05) is 0 Å². The SMILES string of the molecule is CC(NCC(F)(F)C(F)F)c1cc(O)ccc1O. The first-order chi connectivity index (χ1) is 8.24. The van der Waals surface area contributed by atoms with Gasteiger partial charge in [0.05, 0.1) is 6.54 Å². The molecule has 1 aromatic carbocycles. The van der Waals surface area contributed by atoms with Crippen LogP contribution in [0.15, 0.2) is 18.2 Å². The second kappa shape index (κ2) is 5.43. The van der Waals surface area contributed by atoms with Gasteiger partial charge in [-0.05, 0) is 25.1 Å². The number of alkyl halides is 4. The summed E-state index contributed by atoms with van der Waals surface area (Å²) in [7, 11) is 0. The van der Waals surface area contributed by atoms with E-state index in [-0.39, 0.29) is 17.1 Å². The van der Waals surface area contributed by atoms with Crippen LogP contribution in [0, 0.1) is 0 Å². The topological polar surface area (TPSA) is 52.5 Å². The van der Waals surface area contributed by atoms with E-state index in [9.17, 15) is 27.8 Å². The van der Waals surface area contributed by atoms with E-state index in [4.69, 9.17) is 0 Å². The lowest BCUT2D eigenvalue weighted by atomic mass is 10.1. The molecule has 1 rings (SSSR count). The molecule has 3 N–H and O–H groups in total. The van der Waals surface area contributed by atoms with Crippen LogP contribution in [0.4, 0.5) is 17.6 Å².